The van der Waals surface area contributed by atoms with Crippen LogP contribution in [0.4, 0.5) is 5.82 Å². The van der Waals surface area contributed by atoms with Crippen LogP contribution < -0.4 is 10.6 Å². The number of nitrogens with one attached hydrogen (secondary N) is 2. The van der Waals surface area contributed by atoms with Gasteiger partial charge in [0.05, 0.1) is 12.6 Å². The number of aromatic nitrogens is 1. The summed E-state index contributed by atoms with van der Waals surface area (Å²) in [5, 5.41) is 5.55. The van der Waals surface area contributed by atoms with Crippen LogP contribution in [0.1, 0.15) is 26.3 Å². The summed E-state index contributed by atoms with van der Waals surface area (Å²) >= 11 is 0. The number of hydrogen-bond donors (Lipinski definition) is 2. The highest BCUT2D eigenvalue weighted by Crippen LogP contribution is 2.05. The van der Waals surface area contributed by atoms with Gasteiger partial charge in [0.25, 0.3) is 0 Å². The molecule has 0 saturated carbocycles. The van der Waals surface area contributed by atoms with Gasteiger partial charge in [-0.3, -0.25) is 14.5 Å². The standard InChI is InChI=1S/C15H24N4O2/c1-10(2)17-15(21)12(4)19(5)9-14(20)18-13-8-11(3)6-7-16-13/h6-8,10,12H,9H2,1-5H3,(H,17,21)(H,16,18,20)/t12-/m1/s1. The molecule has 1 rings (SSSR count). The minimum Gasteiger partial charge on any atom is -0.353 e. The number of aryl methyl sites for hydroxylation is 1. The summed E-state index contributed by atoms with van der Waals surface area (Å²) in [6, 6.07) is 3.37. The monoisotopic (exact) mass is 292 g/mol. The number of carbonyl (C=O) groups excluding carboxylic acids is 2. The fourth-order valence-electron chi connectivity index (χ4n) is 1.76. The van der Waals surface area contributed by atoms with Crippen LogP contribution in [-0.4, -0.2) is 47.4 Å². The Hall–Kier alpha value is -1.95. The maximum absolute atomic E-state index is 12.0. The van der Waals surface area contributed by atoms with E-state index in [0.717, 1.165) is 5.56 Å². The van der Waals surface area contributed by atoms with Crippen molar-refractivity contribution >= 4 is 17.6 Å². The van der Waals surface area contributed by atoms with Gasteiger partial charge in [-0.25, -0.2) is 4.98 Å². The zero-order valence-electron chi connectivity index (χ0n) is 13.3. The molecule has 0 aliphatic heterocycles. The summed E-state index contributed by atoms with van der Waals surface area (Å²) in [7, 11) is 1.74. The van der Waals surface area contributed by atoms with Crippen LogP contribution >= 0.6 is 0 Å². The first-order valence-corrected chi connectivity index (χ1v) is 7.02. The molecule has 116 valence electrons. The van der Waals surface area contributed by atoms with E-state index in [1.54, 1.807) is 31.1 Å². The molecule has 0 saturated heterocycles. The van der Waals surface area contributed by atoms with E-state index in [-0.39, 0.29) is 30.4 Å². The lowest BCUT2D eigenvalue weighted by molar-refractivity contribution is -0.127. The van der Waals surface area contributed by atoms with Crippen LogP contribution in [0.5, 0.6) is 0 Å². The predicted octanol–water partition coefficient (Wildman–Crippen LogP) is 1.17. The van der Waals surface area contributed by atoms with Crippen LogP contribution in [0.25, 0.3) is 0 Å². The molecule has 0 unspecified atom stereocenters. The number of nitrogens with zero attached hydrogens (tertiary/aromatic N) is 2. The maximum Gasteiger partial charge on any atom is 0.239 e. The minimum atomic E-state index is -0.372. The average Bonchev–Trinajstić information content (AvgIpc) is 2.36. The molecular formula is C15H24N4O2. The minimum absolute atomic E-state index is 0.0821. The van der Waals surface area contributed by atoms with Crippen molar-refractivity contribution in [1.29, 1.82) is 0 Å². The third-order valence-electron chi connectivity index (χ3n) is 3.05. The van der Waals surface area contributed by atoms with Gasteiger partial charge in [-0.2, -0.15) is 0 Å². The number of anilines is 1. The van der Waals surface area contributed by atoms with Crippen molar-refractivity contribution in [3.63, 3.8) is 0 Å². The largest absolute Gasteiger partial charge is 0.353 e. The highest BCUT2D eigenvalue weighted by Gasteiger charge is 2.20. The van der Waals surface area contributed by atoms with Gasteiger partial charge in [-0.15, -0.1) is 0 Å². The van der Waals surface area contributed by atoms with E-state index in [4.69, 9.17) is 0 Å². The first-order chi connectivity index (χ1) is 9.79. The third kappa shape index (κ3) is 5.91. The molecule has 0 radical (unpaired) electrons. The fourth-order valence-corrected chi connectivity index (χ4v) is 1.76. The van der Waals surface area contributed by atoms with Crippen LogP contribution in [-0.2, 0) is 9.59 Å². The molecule has 2 N–H and O–H groups in total. The Morgan fingerprint density at radius 3 is 2.57 bits per heavy atom. The van der Waals surface area contributed by atoms with E-state index in [1.807, 2.05) is 26.8 Å². The molecule has 0 spiro atoms. The quantitative estimate of drug-likeness (QED) is 0.825. The van der Waals surface area contributed by atoms with Crippen molar-refractivity contribution in [2.24, 2.45) is 0 Å². The van der Waals surface area contributed by atoms with Crippen molar-refractivity contribution in [3.05, 3.63) is 23.9 Å². The Kier molecular flexibility index (Phi) is 6.30. The third-order valence-corrected chi connectivity index (χ3v) is 3.05. The number of pyridine rings is 1. The fraction of sp³-hybridized carbons (Fsp3) is 0.533. The molecule has 1 atom stereocenters. The Morgan fingerprint density at radius 2 is 2.00 bits per heavy atom. The Labute approximate surface area is 125 Å². The molecule has 1 heterocycles. The first-order valence-electron chi connectivity index (χ1n) is 7.02. The van der Waals surface area contributed by atoms with Gasteiger partial charge < -0.3 is 10.6 Å². The smallest absolute Gasteiger partial charge is 0.239 e. The van der Waals surface area contributed by atoms with Crippen LogP contribution in [0.2, 0.25) is 0 Å². The highest BCUT2D eigenvalue weighted by molar-refractivity contribution is 5.92. The van der Waals surface area contributed by atoms with Gasteiger partial charge in [-0.05, 0) is 52.4 Å². The molecule has 6 heteroatoms. The molecule has 0 aliphatic carbocycles. The van der Waals surface area contributed by atoms with Crippen LogP contribution in [0.15, 0.2) is 18.3 Å². The number of hydrogen-bond acceptors (Lipinski definition) is 4. The van der Waals surface area contributed by atoms with E-state index in [2.05, 4.69) is 15.6 Å². The van der Waals surface area contributed by atoms with E-state index in [9.17, 15) is 9.59 Å². The van der Waals surface area contributed by atoms with Crippen molar-refractivity contribution in [1.82, 2.24) is 15.2 Å². The van der Waals surface area contributed by atoms with E-state index in [0.29, 0.717) is 5.82 Å². The molecule has 0 aliphatic rings. The summed E-state index contributed by atoms with van der Waals surface area (Å²) in [5.74, 6) is 0.237. The van der Waals surface area contributed by atoms with E-state index in [1.165, 1.54) is 0 Å². The predicted molar refractivity (Wildman–Crippen MR) is 83.0 cm³/mol. The summed E-state index contributed by atoms with van der Waals surface area (Å²) in [6.07, 6.45) is 1.65. The Morgan fingerprint density at radius 1 is 1.33 bits per heavy atom. The molecule has 21 heavy (non-hydrogen) atoms. The summed E-state index contributed by atoms with van der Waals surface area (Å²) in [4.78, 5) is 29.6. The topological polar surface area (TPSA) is 74.3 Å². The van der Waals surface area contributed by atoms with Gasteiger partial charge in [0.2, 0.25) is 11.8 Å². The van der Waals surface area contributed by atoms with E-state index < -0.39 is 0 Å². The van der Waals surface area contributed by atoms with Gasteiger partial charge in [0.15, 0.2) is 0 Å². The van der Waals surface area contributed by atoms with Crippen LogP contribution in [0.3, 0.4) is 0 Å². The summed E-state index contributed by atoms with van der Waals surface area (Å²) in [5.41, 5.74) is 1.03. The second-order valence-corrected chi connectivity index (χ2v) is 5.52. The molecule has 1 aromatic rings. The second kappa shape index (κ2) is 7.73. The lowest BCUT2D eigenvalue weighted by atomic mass is 10.2. The molecule has 0 aromatic carbocycles. The van der Waals surface area contributed by atoms with Gasteiger partial charge in [0, 0.05) is 12.2 Å². The van der Waals surface area contributed by atoms with E-state index >= 15 is 0 Å². The lowest BCUT2D eigenvalue weighted by Gasteiger charge is -2.24. The SMILES string of the molecule is Cc1ccnc(NC(=O)CN(C)[C@H](C)C(=O)NC(C)C)c1. The molecule has 2 amide bonds. The molecule has 6 nitrogen and oxygen atoms in total. The lowest BCUT2D eigenvalue weighted by Crippen LogP contribution is -2.47. The number of amides is 2. The Bertz CT molecular complexity index is 502. The van der Waals surface area contributed by atoms with Crippen LogP contribution in [0, 0.1) is 6.92 Å². The zero-order valence-corrected chi connectivity index (χ0v) is 13.3. The Balaban J connectivity index is 2.52. The molecule has 1 aromatic heterocycles. The maximum atomic E-state index is 12.0. The normalized spacial score (nSPS) is 12.3. The first kappa shape index (κ1) is 17.1. The molecule has 0 fully saturated rings. The van der Waals surface area contributed by atoms with Crippen molar-refractivity contribution in [2.45, 2.75) is 39.8 Å². The molecular weight excluding hydrogens is 268 g/mol. The number of rotatable bonds is 6. The van der Waals surface area contributed by atoms with Crippen molar-refractivity contribution in [2.75, 3.05) is 18.9 Å². The summed E-state index contributed by atoms with van der Waals surface area (Å²) < 4.78 is 0. The number of carbonyl (C=O) groups is 2. The van der Waals surface area contributed by atoms with Crippen molar-refractivity contribution in [3.8, 4) is 0 Å². The highest BCUT2D eigenvalue weighted by atomic mass is 16.2. The van der Waals surface area contributed by atoms with Gasteiger partial charge >= 0.3 is 0 Å². The van der Waals surface area contributed by atoms with Crippen molar-refractivity contribution < 1.29 is 9.59 Å². The summed E-state index contributed by atoms with van der Waals surface area (Å²) in [6.45, 7) is 7.64. The average molecular weight is 292 g/mol. The molecule has 0 bridgehead atoms. The second-order valence-electron chi connectivity index (χ2n) is 5.52. The van der Waals surface area contributed by atoms with Gasteiger partial charge in [-0.1, -0.05) is 0 Å². The van der Waals surface area contributed by atoms with Gasteiger partial charge in [0.1, 0.15) is 5.82 Å². The number of likely N-dealkylation sites (N-methyl/N-ethyl adjacent to an activating group) is 1. The zero-order chi connectivity index (χ0) is 16.0.